The van der Waals surface area contributed by atoms with Crippen LogP contribution >= 0.6 is 11.6 Å². The second kappa shape index (κ2) is 5.69. The molecular weight excluding hydrogens is 286 g/mol. The van der Waals surface area contributed by atoms with Crippen LogP contribution in [-0.4, -0.2) is 33.6 Å². The first-order valence-electron chi connectivity index (χ1n) is 6.27. The van der Waals surface area contributed by atoms with Gasteiger partial charge in [0.2, 0.25) is 0 Å². The molecule has 1 heterocycles. The van der Waals surface area contributed by atoms with Crippen molar-refractivity contribution in [3.8, 4) is 5.75 Å². The molecule has 1 N–H and O–H groups in total. The highest BCUT2D eigenvalue weighted by atomic mass is 35.5. The fraction of sp³-hybridized carbons (Fsp3) is 0.538. The number of nitrogens with one attached hydrogen (secondary N) is 1. The van der Waals surface area contributed by atoms with Gasteiger partial charge in [-0.2, -0.15) is 0 Å². The van der Waals surface area contributed by atoms with Crippen LogP contribution in [0.2, 0.25) is 5.02 Å². The van der Waals surface area contributed by atoms with Crippen molar-refractivity contribution in [3.63, 3.8) is 0 Å². The van der Waals surface area contributed by atoms with Gasteiger partial charge in [-0.25, -0.2) is 8.42 Å². The predicted molar refractivity (Wildman–Crippen MR) is 76.8 cm³/mol. The summed E-state index contributed by atoms with van der Waals surface area (Å²) in [6, 6.07) is 3.40. The summed E-state index contributed by atoms with van der Waals surface area (Å²) >= 11 is 6.11. The predicted octanol–water partition coefficient (Wildman–Crippen LogP) is 1.97. The molecule has 0 saturated carbocycles. The summed E-state index contributed by atoms with van der Waals surface area (Å²) in [4.78, 5) is 0. The SMILES string of the molecule is CCNC(CS(C)(=O)=O)c1cc(Cl)cc2c1OCC2. The van der Waals surface area contributed by atoms with Gasteiger partial charge in [0.25, 0.3) is 0 Å². The minimum atomic E-state index is -3.09. The fourth-order valence-corrected chi connectivity index (χ4v) is 3.52. The second-order valence-electron chi connectivity index (χ2n) is 4.78. The molecule has 1 aromatic rings. The van der Waals surface area contributed by atoms with Crippen LogP contribution in [0.5, 0.6) is 5.75 Å². The van der Waals surface area contributed by atoms with Crippen molar-refractivity contribution in [2.45, 2.75) is 19.4 Å². The third-order valence-electron chi connectivity index (χ3n) is 3.07. The van der Waals surface area contributed by atoms with Crippen LogP contribution in [0.15, 0.2) is 12.1 Å². The smallest absolute Gasteiger partial charge is 0.149 e. The summed E-state index contributed by atoms with van der Waals surface area (Å²) in [5, 5.41) is 3.82. The van der Waals surface area contributed by atoms with Crippen LogP contribution in [0.4, 0.5) is 0 Å². The molecule has 1 unspecified atom stereocenters. The van der Waals surface area contributed by atoms with E-state index in [1.807, 2.05) is 13.0 Å². The molecule has 19 heavy (non-hydrogen) atoms. The molecule has 0 fully saturated rings. The molecule has 0 bridgehead atoms. The molecule has 0 aromatic heterocycles. The van der Waals surface area contributed by atoms with E-state index in [9.17, 15) is 8.42 Å². The monoisotopic (exact) mass is 303 g/mol. The van der Waals surface area contributed by atoms with Crippen LogP contribution in [-0.2, 0) is 16.3 Å². The number of ether oxygens (including phenoxy) is 1. The molecule has 0 radical (unpaired) electrons. The number of benzene rings is 1. The first-order valence-corrected chi connectivity index (χ1v) is 8.71. The Hall–Kier alpha value is -0.780. The van der Waals surface area contributed by atoms with E-state index >= 15 is 0 Å². The van der Waals surface area contributed by atoms with Crippen LogP contribution in [0.1, 0.15) is 24.1 Å². The highest BCUT2D eigenvalue weighted by Crippen LogP contribution is 2.36. The van der Waals surface area contributed by atoms with Gasteiger partial charge in [0.05, 0.1) is 12.4 Å². The van der Waals surface area contributed by atoms with Crippen LogP contribution in [0.25, 0.3) is 0 Å². The number of fused-ring (bicyclic) bond motifs is 1. The largest absolute Gasteiger partial charge is 0.493 e. The highest BCUT2D eigenvalue weighted by Gasteiger charge is 2.25. The number of halogens is 1. The Balaban J connectivity index is 2.42. The van der Waals surface area contributed by atoms with E-state index in [2.05, 4.69) is 5.32 Å². The van der Waals surface area contributed by atoms with Crippen LogP contribution in [0, 0.1) is 0 Å². The molecule has 1 aromatic carbocycles. The molecular formula is C13H18ClNO3S. The summed E-state index contributed by atoms with van der Waals surface area (Å²) in [6.45, 7) is 3.25. The molecule has 1 aliphatic rings. The zero-order valence-electron chi connectivity index (χ0n) is 11.1. The van der Waals surface area contributed by atoms with E-state index in [1.54, 1.807) is 6.07 Å². The van der Waals surface area contributed by atoms with Crippen molar-refractivity contribution < 1.29 is 13.2 Å². The molecule has 6 heteroatoms. The Labute approximate surface area is 119 Å². The lowest BCUT2D eigenvalue weighted by atomic mass is 10.0. The Morgan fingerprint density at radius 2 is 2.21 bits per heavy atom. The maximum Gasteiger partial charge on any atom is 0.149 e. The van der Waals surface area contributed by atoms with E-state index in [0.717, 1.165) is 23.3 Å². The Kier molecular flexibility index (Phi) is 4.38. The number of rotatable bonds is 5. The van der Waals surface area contributed by atoms with E-state index < -0.39 is 9.84 Å². The average Bonchev–Trinajstić information content (AvgIpc) is 2.73. The number of sulfone groups is 1. The zero-order valence-corrected chi connectivity index (χ0v) is 12.6. The Bertz CT molecular complexity index is 571. The molecule has 1 aliphatic heterocycles. The molecule has 1 atom stereocenters. The first kappa shape index (κ1) is 14.6. The van der Waals surface area contributed by atoms with Gasteiger partial charge in [-0.15, -0.1) is 0 Å². The Morgan fingerprint density at radius 3 is 2.84 bits per heavy atom. The second-order valence-corrected chi connectivity index (χ2v) is 7.41. The van der Waals surface area contributed by atoms with Crippen molar-refractivity contribution in [1.82, 2.24) is 5.32 Å². The van der Waals surface area contributed by atoms with Crippen molar-refractivity contribution >= 4 is 21.4 Å². The molecule has 0 aliphatic carbocycles. The first-order chi connectivity index (χ1) is 8.90. The minimum Gasteiger partial charge on any atom is -0.493 e. The van der Waals surface area contributed by atoms with E-state index in [0.29, 0.717) is 18.2 Å². The summed E-state index contributed by atoms with van der Waals surface area (Å²) < 4.78 is 28.8. The van der Waals surface area contributed by atoms with Gasteiger partial charge in [-0.05, 0) is 24.2 Å². The third kappa shape index (κ3) is 3.61. The van der Waals surface area contributed by atoms with Crippen LogP contribution < -0.4 is 10.1 Å². The van der Waals surface area contributed by atoms with Gasteiger partial charge in [-0.3, -0.25) is 0 Å². The number of hydrogen-bond donors (Lipinski definition) is 1. The van der Waals surface area contributed by atoms with Gasteiger partial charge >= 0.3 is 0 Å². The van der Waals surface area contributed by atoms with Crippen LogP contribution in [0.3, 0.4) is 0 Å². The maximum absolute atomic E-state index is 11.6. The molecule has 0 spiro atoms. The molecule has 0 amide bonds. The average molecular weight is 304 g/mol. The van der Waals surface area contributed by atoms with E-state index in [1.165, 1.54) is 6.26 Å². The molecule has 0 saturated heterocycles. The summed E-state index contributed by atoms with van der Waals surface area (Å²) in [5.74, 6) is 0.829. The van der Waals surface area contributed by atoms with Crippen molar-refractivity contribution in [2.24, 2.45) is 0 Å². The maximum atomic E-state index is 11.6. The molecule has 2 rings (SSSR count). The van der Waals surface area contributed by atoms with Gasteiger partial charge in [0.15, 0.2) is 0 Å². The van der Waals surface area contributed by atoms with Crippen molar-refractivity contribution in [1.29, 1.82) is 0 Å². The third-order valence-corrected chi connectivity index (χ3v) is 4.23. The van der Waals surface area contributed by atoms with Gasteiger partial charge in [-0.1, -0.05) is 18.5 Å². The summed E-state index contributed by atoms with van der Waals surface area (Å²) in [6.07, 6.45) is 2.06. The molecule has 4 nitrogen and oxygen atoms in total. The standard InChI is InChI=1S/C13H18ClNO3S/c1-3-15-12(8-19(2,16)17)11-7-10(14)6-9-4-5-18-13(9)11/h6-7,12,15H,3-5,8H2,1-2H3. The minimum absolute atomic E-state index is 0.0387. The lowest BCUT2D eigenvalue weighted by Gasteiger charge is -2.20. The normalized spacial score (nSPS) is 15.9. The van der Waals surface area contributed by atoms with Gasteiger partial charge in [0.1, 0.15) is 15.6 Å². The van der Waals surface area contributed by atoms with E-state index in [4.69, 9.17) is 16.3 Å². The topological polar surface area (TPSA) is 55.4 Å². The quantitative estimate of drug-likeness (QED) is 0.903. The fourth-order valence-electron chi connectivity index (χ4n) is 2.36. The van der Waals surface area contributed by atoms with Gasteiger partial charge in [0, 0.05) is 29.3 Å². The summed E-state index contributed by atoms with van der Waals surface area (Å²) in [5.41, 5.74) is 1.89. The van der Waals surface area contributed by atoms with E-state index in [-0.39, 0.29) is 11.8 Å². The highest BCUT2D eigenvalue weighted by molar-refractivity contribution is 7.90. The zero-order chi connectivity index (χ0) is 14.0. The summed E-state index contributed by atoms with van der Waals surface area (Å²) in [7, 11) is -3.09. The number of hydrogen-bond acceptors (Lipinski definition) is 4. The lowest BCUT2D eigenvalue weighted by molar-refractivity contribution is 0.349. The Morgan fingerprint density at radius 1 is 1.47 bits per heavy atom. The molecule has 106 valence electrons. The van der Waals surface area contributed by atoms with Crippen molar-refractivity contribution in [2.75, 3.05) is 25.2 Å². The van der Waals surface area contributed by atoms with Gasteiger partial charge < -0.3 is 10.1 Å². The lowest BCUT2D eigenvalue weighted by Crippen LogP contribution is -2.28. The van der Waals surface area contributed by atoms with Crippen molar-refractivity contribution in [3.05, 3.63) is 28.3 Å².